The van der Waals surface area contributed by atoms with E-state index in [1.54, 1.807) is 24.3 Å². The molecule has 1 aliphatic heterocycles. The van der Waals surface area contributed by atoms with Gasteiger partial charge < -0.3 is 20.6 Å². The largest absolute Gasteiger partial charge is 0.480 e. The van der Waals surface area contributed by atoms with Crippen molar-refractivity contribution >= 4 is 23.6 Å². The number of piperidine rings is 1. The Labute approximate surface area is 147 Å². The Morgan fingerprint density at radius 1 is 1.20 bits per heavy atom. The fourth-order valence-corrected chi connectivity index (χ4v) is 2.91. The number of carbonyl (C=O) groups excluding carboxylic acids is 2. The maximum absolute atomic E-state index is 12.7. The summed E-state index contributed by atoms with van der Waals surface area (Å²) in [6, 6.07) is 5.39. The molecule has 0 aromatic heterocycles. The Morgan fingerprint density at radius 3 is 2.40 bits per heavy atom. The number of carboxylic acid groups (broad SMARTS) is 1. The minimum atomic E-state index is -0.969. The molecule has 1 aromatic carbocycles. The molecule has 0 aliphatic carbocycles. The molecule has 1 fully saturated rings. The first-order chi connectivity index (χ1) is 11.8. The number of hydrogen-bond acceptors (Lipinski definition) is 3. The van der Waals surface area contributed by atoms with Crippen LogP contribution in [0.25, 0.3) is 0 Å². The summed E-state index contributed by atoms with van der Waals surface area (Å²) in [5.74, 6) is -0.975. The molecule has 3 N–H and O–H groups in total. The predicted molar refractivity (Wildman–Crippen MR) is 94.6 cm³/mol. The first-order valence-electron chi connectivity index (χ1n) is 8.49. The molecule has 1 aliphatic rings. The highest BCUT2D eigenvalue weighted by molar-refractivity contribution is 5.97. The molecular formula is C18H25N3O4. The molecule has 2 atom stereocenters. The Bertz CT molecular complexity index is 642. The topological polar surface area (TPSA) is 98.7 Å². The molecule has 1 aromatic rings. The third kappa shape index (κ3) is 4.95. The number of aliphatic carboxylic acids is 1. The lowest BCUT2D eigenvalue weighted by Gasteiger charge is -2.36. The van der Waals surface area contributed by atoms with Crippen molar-refractivity contribution in [1.82, 2.24) is 10.2 Å². The van der Waals surface area contributed by atoms with Crippen LogP contribution in [0.5, 0.6) is 0 Å². The van der Waals surface area contributed by atoms with Gasteiger partial charge >= 0.3 is 12.0 Å². The lowest BCUT2D eigenvalue weighted by atomic mass is 9.92. The fourth-order valence-electron chi connectivity index (χ4n) is 2.91. The normalized spacial score (nSPS) is 20.2. The monoisotopic (exact) mass is 347 g/mol. The summed E-state index contributed by atoms with van der Waals surface area (Å²) in [6.07, 6.45) is 1.26. The average molecular weight is 347 g/mol. The third-order valence-corrected chi connectivity index (χ3v) is 4.22. The summed E-state index contributed by atoms with van der Waals surface area (Å²) in [5.41, 5.74) is 0.979. The lowest BCUT2D eigenvalue weighted by Crippen LogP contribution is -2.49. The number of nitrogens with one attached hydrogen (secondary N) is 2. The maximum atomic E-state index is 12.7. The Morgan fingerprint density at radius 2 is 1.84 bits per heavy atom. The second-order valence-corrected chi connectivity index (χ2v) is 6.81. The zero-order valence-electron chi connectivity index (χ0n) is 14.8. The van der Waals surface area contributed by atoms with Crippen LogP contribution in [0.2, 0.25) is 0 Å². The van der Waals surface area contributed by atoms with Crippen molar-refractivity contribution in [3.63, 3.8) is 0 Å². The van der Waals surface area contributed by atoms with Crippen LogP contribution in [0, 0.1) is 5.92 Å². The number of urea groups is 1. The van der Waals surface area contributed by atoms with Crippen LogP contribution in [0.4, 0.5) is 10.5 Å². The van der Waals surface area contributed by atoms with Crippen molar-refractivity contribution in [3.05, 3.63) is 29.8 Å². The van der Waals surface area contributed by atoms with E-state index in [0.717, 1.165) is 6.42 Å². The van der Waals surface area contributed by atoms with Crippen LogP contribution in [0.15, 0.2) is 24.3 Å². The van der Waals surface area contributed by atoms with Crippen LogP contribution in [0.1, 0.15) is 44.0 Å². The number of likely N-dealkylation sites (tertiary alicyclic amines) is 1. The van der Waals surface area contributed by atoms with Gasteiger partial charge in [-0.3, -0.25) is 4.79 Å². The number of benzene rings is 1. The second-order valence-electron chi connectivity index (χ2n) is 6.81. The minimum Gasteiger partial charge on any atom is -0.480 e. The van der Waals surface area contributed by atoms with E-state index in [-0.39, 0.29) is 23.9 Å². The zero-order valence-corrected chi connectivity index (χ0v) is 14.8. The van der Waals surface area contributed by atoms with Gasteiger partial charge in [-0.05, 0) is 56.9 Å². The standard InChI is InChI=1S/C18H25N3O4/c1-11(2)19-18(25)20-14-6-4-13(5-7-14)16(22)21-9-8-12(3)10-15(21)17(23)24/h4-7,11-12,15H,8-10H2,1-3H3,(H,23,24)(H2,19,20,25). The molecule has 0 spiro atoms. The van der Waals surface area contributed by atoms with Crippen molar-refractivity contribution in [2.45, 2.75) is 45.7 Å². The predicted octanol–water partition coefficient (Wildman–Crippen LogP) is 2.54. The van der Waals surface area contributed by atoms with Gasteiger partial charge in [0.05, 0.1) is 0 Å². The van der Waals surface area contributed by atoms with E-state index in [4.69, 9.17) is 0 Å². The minimum absolute atomic E-state index is 0.0234. The van der Waals surface area contributed by atoms with Gasteiger partial charge in [-0.1, -0.05) is 6.92 Å². The van der Waals surface area contributed by atoms with Gasteiger partial charge in [0.25, 0.3) is 5.91 Å². The molecule has 0 saturated carbocycles. The SMILES string of the molecule is CC1CCN(C(=O)c2ccc(NC(=O)NC(C)C)cc2)C(C(=O)O)C1. The molecule has 3 amide bonds. The third-order valence-electron chi connectivity index (χ3n) is 4.22. The molecule has 7 heteroatoms. The average Bonchev–Trinajstić information content (AvgIpc) is 2.54. The molecule has 25 heavy (non-hydrogen) atoms. The van der Waals surface area contributed by atoms with Gasteiger partial charge in [0.1, 0.15) is 6.04 Å². The highest BCUT2D eigenvalue weighted by Gasteiger charge is 2.35. The summed E-state index contributed by atoms with van der Waals surface area (Å²) in [7, 11) is 0. The summed E-state index contributed by atoms with van der Waals surface area (Å²) in [4.78, 5) is 37.2. The fraction of sp³-hybridized carbons (Fsp3) is 0.500. The molecule has 2 rings (SSSR count). The smallest absolute Gasteiger partial charge is 0.326 e. The molecule has 1 saturated heterocycles. The van der Waals surface area contributed by atoms with Gasteiger partial charge in [-0.15, -0.1) is 0 Å². The van der Waals surface area contributed by atoms with Crippen LogP contribution >= 0.6 is 0 Å². The van der Waals surface area contributed by atoms with Crippen molar-refractivity contribution in [2.75, 3.05) is 11.9 Å². The highest BCUT2D eigenvalue weighted by atomic mass is 16.4. The van der Waals surface area contributed by atoms with E-state index in [2.05, 4.69) is 10.6 Å². The molecular weight excluding hydrogens is 322 g/mol. The molecule has 0 bridgehead atoms. The summed E-state index contributed by atoms with van der Waals surface area (Å²) >= 11 is 0. The van der Waals surface area contributed by atoms with Crippen molar-refractivity contribution in [2.24, 2.45) is 5.92 Å². The second kappa shape index (κ2) is 8.00. The number of rotatable bonds is 4. The van der Waals surface area contributed by atoms with Crippen molar-refractivity contribution < 1.29 is 19.5 Å². The van der Waals surface area contributed by atoms with E-state index >= 15 is 0 Å². The van der Waals surface area contributed by atoms with Crippen LogP contribution in [-0.2, 0) is 4.79 Å². The Balaban J connectivity index is 2.06. The number of hydrogen-bond donors (Lipinski definition) is 3. The van der Waals surface area contributed by atoms with E-state index in [1.165, 1.54) is 4.90 Å². The number of carbonyl (C=O) groups is 3. The number of nitrogens with zero attached hydrogens (tertiary/aromatic N) is 1. The lowest BCUT2D eigenvalue weighted by molar-refractivity contribution is -0.144. The van der Waals surface area contributed by atoms with Gasteiger partial charge in [-0.25, -0.2) is 9.59 Å². The Kier molecular flexibility index (Phi) is 6.01. The number of amides is 3. The highest BCUT2D eigenvalue weighted by Crippen LogP contribution is 2.24. The van der Waals surface area contributed by atoms with E-state index in [9.17, 15) is 19.5 Å². The maximum Gasteiger partial charge on any atom is 0.326 e. The molecule has 2 unspecified atom stereocenters. The van der Waals surface area contributed by atoms with Crippen LogP contribution in [0.3, 0.4) is 0 Å². The molecule has 0 radical (unpaired) electrons. The van der Waals surface area contributed by atoms with Gasteiger partial charge in [0.15, 0.2) is 0 Å². The van der Waals surface area contributed by atoms with E-state index in [0.29, 0.717) is 24.2 Å². The van der Waals surface area contributed by atoms with Gasteiger partial charge in [0.2, 0.25) is 0 Å². The van der Waals surface area contributed by atoms with Gasteiger partial charge in [0, 0.05) is 23.8 Å². The number of carboxylic acids is 1. The zero-order chi connectivity index (χ0) is 18.6. The van der Waals surface area contributed by atoms with E-state index < -0.39 is 12.0 Å². The van der Waals surface area contributed by atoms with E-state index in [1.807, 2.05) is 20.8 Å². The summed E-state index contributed by atoms with van der Waals surface area (Å²) in [5, 5.41) is 14.8. The molecule has 1 heterocycles. The molecule has 136 valence electrons. The summed E-state index contributed by atoms with van der Waals surface area (Å²) < 4.78 is 0. The summed E-state index contributed by atoms with van der Waals surface area (Å²) in [6.45, 7) is 6.16. The quantitative estimate of drug-likeness (QED) is 0.779. The Hall–Kier alpha value is -2.57. The van der Waals surface area contributed by atoms with Crippen molar-refractivity contribution in [1.29, 1.82) is 0 Å². The number of anilines is 1. The van der Waals surface area contributed by atoms with Gasteiger partial charge in [-0.2, -0.15) is 0 Å². The first kappa shape index (κ1) is 18.8. The van der Waals surface area contributed by atoms with Crippen molar-refractivity contribution in [3.8, 4) is 0 Å². The van der Waals surface area contributed by atoms with Crippen LogP contribution < -0.4 is 10.6 Å². The first-order valence-corrected chi connectivity index (χ1v) is 8.49. The van der Waals surface area contributed by atoms with Crippen LogP contribution in [-0.4, -0.2) is 46.5 Å². The molecule has 7 nitrogen and oxygen atoms in total.